The van der Waals surface area contributed by atoms with Gasteiger partial charge in [0.15, 0.2) is 0 Å². The highest BCUT2D eigenvalue weighted by molar-refractivity contribution is 6.16. The van der Waals surface area contributed by atoms with Crippen LogP contribution in [0.15, 0.2) is 152 Å². The van der Waals surface area contributed by atoms with Crippen molar-refractivity contribution in [3.63, 3.8) is 0 Å². The van der Waals surface area contributed by atoms with Gasteiger partial charge in [0.2, 0.25) is 0 Å². The van der Waals surface area contributed by atoms with E-state index in [0.717, 1.165) is 55.8 Å². The van der Waals surface area contributed by atoms with Gasteiger partial charge in [-0.2, -0.15) is 0 Å². The second-order valence-corrected chi connectivity index (χ2v) is 12.6. The minimum absolute atomic E-state index is 0.730. The summed E-state index contributed by atoms with van der Waals surface area (Å²) in [7, 11) is 0. The Bertz CT molecular complexity index is 2850. The summed E-state index contributed by atoms with van der Waals surface area (Å²) < 4.78 is 4.65. The molecule has 9 aromatic rings. The van der Waals surface area contributed by atoms with Gasteiger partial charge < -0.3 is 10.3 Å². The number of hydrogen-bond acceptors (Lipinski definition) is 2. The van der Waals surface area contributed by atoms with Crippen LogP contribution in [0.2, 0.25) is 0 Å². The molecule has 0 amide bonds. The third kappa shape index (κ3) is 3.68. The Morgan fingerprint density at radius 3 is 1.85 bits per heavy atom. The molecule has 4 heteroatoms. The van der Waals surface area contributed by atoms with Crippen LogP contribution >= 0.6 is 0 Å². The molecule has 226 valence electrons. The van der Waals surface area contributed by atoms with Gasteiger partial charge >= 0.3 is 0 Å². The Hall–Kier alpha value is -6.39. The lowest BCUT2D eigenvalue weighted by atomic mass is 10.0. The molecule has 0 saturated heterocycles. The molecule has 48 heavy (non-hydrogen) atoms. The highest BCUT2D eigenvalue weighted by Crippen LogP contribution is 2.42. The zero-order valence-corrected chi connectivity index (χ0v) is 26.4. The molecule has 1 aliphatic carbocycles. The minimum Gasteiger partial charge on any atom is -0.396 e. The maximum absolute atomic E-state index is 6.77. The molecule has 3 heterocycles. The van der Waals surface area contributed by atoms with Crippen molar-refractivity contribution in [1.29, 1.82) is 0 Å². The molecule has 3 aromatic heterocycles. The summed E-state index contributed by atoms with van der Waals surface area (Å²) in [5.74, 6) is 0.869. The lowest BCUT2D eigenvalue weighted by Crippen LogP contribution is -2.03. The Labute approximate surface area is 277 Å². The van der Waals surface area contributed by atoms with Crippen molar-refractivity contribution in [2.24, 2.45) is 5.73 Å². The zero-order valence-electron chi connectivity index (χ0n) is 26.4. The van der Waals surface area contributed by atoms with Crippen molar-refractivity contribution in [3.8, 4) is 22.6 Å². The van der Waals surface area contributed by atoms with E-state index in [1.165, 1.54) is 43.7 Å². The summed E-state index contributed by atoms with van der Waals surface area (Å²) in [5, 5.41) is 7.15. The first kappa shape index (κ1) is 26.8. The summed E-state index contributed by atoms with van der Waals surface area (Å²) in [4.78, 5) is 5.24. The van der Waals surface area contributed by atoms with Crippen LogP contribution in [0, 0.1) is 0 Å². The number of nitrogens with two attached hydrogens (primary N) is 1. The first-order valence-electron chi connectivity index (χ1n) is 16.4. The maximum atomic E-state index is 6.77. The Balaban J connectivity index is 1.18. The maximum Gasteiger partial charge on any atom is 0.139 e. The third-order valence-electron chi connectivity index (χ3n) is 9.94. The number of nitrogens with zero attached hydrogens (tertiary/aromatic N) is 3. The van der Waals surface area contributed by atoms with E-state index < -0.39 is 0 Å². The van der Waals surface area contributed by atoms with Crippen molar-refractivity contribution in [2.45, 2.75) is 6.92 Å². The van der Waals surface area contributed by atoms with Crippen LogP contribution < -0.4 is 5.73 Å². The lowest BCUT2D eigenvalue weighted by Gasteiger charge is -2.11. The first-order valence-corrected chi connectivity index (χ1v) is 16.4. The fraction of sp³-hybridized carbons (Fsp3) is 0.0227. The molecule has 0 atom stereocenters. The molecule has 4 nitrogen and oxygen atoms in total. The predicted molar refractivity (Wildman–Crippen MR) is 202 cm³/mol. The Kier molecular flexibility index (Phi) is 5.61. The lowest BCUT2D eigenvalue weighted by molar-refractivity contribution is 1.08. The van der Waals surface area contributed by atoms with Crippen LogP contribution in [0.1, 0.15) is 18.2 Å². The molecule has 0 radical (unpaired) electrons. The average Bonchev–Trinajstić information content (AvgIpc) is 3.74. The van der Waals surface area contributed by atoms with Gasteiger partial charge in [-0.25, -0.2) is 4.98 Å². The molecule has 0 spiro atoms. The van der Waals surface area contributed by atoms with E-state index >= 15 is 0 Å². The van der Waals surface area contributed by atoms with Crippen LogP contribution in [0.5, 0.6) is 0 Å². The van der Waals surface area contributed by atoms with Gasteiger partial charge in [0.25, 0.3) is 0 Å². The fourth-order valence-electron chi connectivity index (χ4n) is 7.86. The number of allylic oxidation sites excluding steroid dienone is 3. The highest BCUT2D eigenvalue weighted by atomic mass is 15.1. The average molecular weight is 615 g/mol. The number of rotatable bonds is 4. The quantitative estimate of drug-likeness (QED) is 0.214. The molecule has 10 rings (SSSR count). The van der Waals surface area contributed by atoms with Crippen molar-refractivity contribution < 1.29 is 0 Å². The molecule has 0 saturated carbocycles. The van der Waals surface area contributed by atoms with Crippen molar-refractivity contribution >= 4 is 65.7 Å². The highest BCUT2D eigenvalue weighted by Gasteiger charge is 2.24. The van der Waals surface area contributed by atoms with Crippen LogP contribution in [0.3, 0.4) is 0 Å². The molecule has 0 fully saturated rings. The number of benzene rings is 6. The summed E-state index contributed by atoms with van der Waals surface area (Å²) in [6, 6.07) is 50.2. The van der Waals surface area contributed by atoms with Gasteiger partial charge in [-0.15, -0.1) is 0 Å². The second kappa shape index (κ2) is 10.1. The van der Waals surface area contributed by atoms with E-state index in [1.54, 1.807) is 0 Å². The predicted octanol–water partition coefficient (Wildman–Crippen LogP) is 10.8. The van der Waals surface area contributed by atoms with Crippen LogP contribution in [-0.2, 0) is 0 Å². The van der Waals surface area contributed by atoms with E-state index in [-0.39, 0.29) is 0 Å². The zero-order chi connectivity index (χ0) is 31.9. The van der Waals surface area contributed by atoms with E-state index in [4.69, 9.17) is 10.7 Å². The number of pyridine rings is 1. The molecular weight excluding hydrogens is 585 g/mol. The smallest absolute Gasteiger partial charge is 0.139 e. The Morgan fingerprint density at radius 1 is 0.562 bits per heavy atom. The van der Waals surface area contributed by atoms with Gasteiger partial charge in [-0.3, -0.25) is 4.57 Å². The summed E-state index contributed by atoms with van der Waals surface area (Å²) in [6.45, 7) is 2.02. The van der Waals surface area contributed by atoms with E-state index in [0.29, 0.717) is 0 Å². The van der Waals surface area contributed by atoms with Gasteiger partial charge in [-0.1, -0.05) is 97.1 Å². The number of hydrogen-bond donors (Lipinski definition) is 1. The van der Waals surface area contributed by atoms with Crippen LogP contribution in [0.25, 0.3) is 88.3 Å². The molecule has 1 aliphatic rings. The Morgan fingerprint density at radius 2 is 1.17 bits per heavy atom. The SMILES string of the molecule is C/C=C\C1=C(N)c2nc(-n3c4ccccc4c4cc(-c5ccc6c(c5)c5ccccc5n6-c5ccccc5)ccc43)cc3cccc1c23. The molecular formula is C44H30N4. The van der Waals surface area contributed by atoms with Crippen molar-refractivity contribution in [2.75, 3.05) is 0 Å². The molecule has 0 bridgehead atoms. The number of fused-ring (bicyclic) bond motifs is 6. The summed E-state index contributed by atoms with van der Waals surface area (Å²) in [6.07, 6.45) is 4.13. The summed E-state index contributed by atoms with van der Waals surface area (Å²) >= 11 is 0. The van der Waals surface area contributed by atoms with Gasteiger partial charge in [-0.05, 0) is 83.6 Å². The van der Waals surface area contributed by atoms with Crippen molar-refractivity contribution in [3.05, 3.63) is 163 Å². The standard InChI is InChI=1S/C44H30N4/c1-2-11-34-33-17-10-12-29-26-41(46-44(42(29)33)43(34)45)48-38-19-9-7-16-32(38)36-25-28(21-23-40(36)48)27-20-22-39-35(24-27)31-15-6-8-18-37(31)47(39)30-13-4-3-5-14-30/h2-26H,45H2,1H3/b11-2-. The fourth-order valence-corrected chi connectivity index (χ4v) is 7.86. The third-order valence-corrected chi connectivity index (χ3v) is 9.94. The van der Waals surface area contributed by atoms with Gasteiger partial charge in [0, 0.05) is 38.2 Å². The van der Waals surface area contributed by atoms with Gasteiger partial charge in [0.1, 0.15) is 5.82 Å². The van der Waals surface area contributed by atoms with Crippen LogP contribution in [-0.4, -0.2) is 14.1 Å². The number of para-hydroxylation sites is 3. The number of aromatic nitrogens is 3. The molecule has 6 aromatic carbocycles. The molecule has 2 N–H and O–H groups in total. The summed E-state index contributed by atoms with van der Waals surface area (Å²) in [5.41, 5.74) is 18.7. The molecule has 0 unspecified atom stereocenters. The normalized spacial score (nSPS) is 13.0. The van der Waals surface area contributed by atoms with E-state index in [1.807, 2.05) is 13.0 Å². The molecule has 0 aliphatic heterocycles. The second-order valence-electron chi connectivity index (χ2n) is 12.6. The topological polar surface area (TPSA) is 48.8 Å². The largest absolute Gasteiger partial charge is 0.396 e. The van der Waals surface area contributed by atoms with Crippen LogP contribution in [0.4, 0.5) is 0 Å². The van der Waals surface area contributed by atoms with E-state index in [2.05, 4.69) is 155 Å². The van der Waals surface area contributed by atoms with Gasteiger partial charge in [0.05, 0.1) is 33.5 Å². The minimum atomic E-state index is 0.730. The van der Waals surface area contributed by atoms with E-state index in [9.17, 15) is 0 Å². The first-order chi connectivity index (χ1) is 23.7. The van der Waals surface area contributed by atoms with Crippen molar-refractivity contribution in [1.82, 2.24) is 14.1 Å². The monoisotopic (exact) mass is 614 g/mol.